The van der Waals surface area contributed by atoms with Crippen molar-refractivity contribution in [1.29, 1.82) is 0 Å². The minimum atomic E-state index is -0.478. The zero-order valence-corrected chi connectivity index (χ0v) is 16.9. The van der Waals surface area contributed by atoms with Gasteiger partial charge in [-0.2, -0.15) is 0 Å². The maximum absolute atomic E-state index is 13.7. The summed E-state index contributed by atoms with van der Waals surface area (Å²) >= 11 is 4.26. The number of halogens is 1. The molecule has 2 saturated heterocycles. The smallest absolute Gasteiger partial charge is 0.249 e. The molecule has 0 spiro atoms. The summed E-state index contributed by atoms with van der Waals surface area (Å²) in [5, 5.41) is 11.2. The van der Waals surface area contributed by atoms with Crippen LogP contribution >= 0.6 is 34.9 Å². The van der Waals surface area contributed by atoms with Gasteiger partial charge in [-0.15, -0.1) is 22.0 Å². The fourth-order valence-electron chi connectivity index (χ4n) is 3.28. The van der Waals surface area contributed by atoms with Gasteiger partial charge in [-0.1, -0.05) is 41.3 Å². The number of carbonyl (C=O) groups is 2. The number of benzene rings is 1. The lowest BCUT2D eigenvalue weighted by atomic mass is 10.2. The SMILES string of the molecule is C[C@]12CCC(=O)N1[C@H](C(=O)Nc1nnc(SCc3ccccc3F)s1)CS2. The van der Waals surface area contributed by atoms with E-state index in [1.165, 1.54) is 29.2 Å². The summed E-state index contributed by atoms with van der Waals surface area (Å²) in [5.74, 6) is 0.570. The molecule has 0 radical (unpaired) electrons. The first kappa shape index (κ1) is 18.7. The molecule has 0 bridgehead atoms. The highest BCUT2D eigenvalue weighted by atomic mass is 32.2. The molecule has 4 rings (SSSR count). The maximum atomic E-state index is 13.7. The van der Waals surface area contributed by atoms with Crippen molar-refractivity contribution >= 4 is 51.8 Å². The van der Waals surface area contributed by atoms with Crippen LogP contribution in [0.15, 0.2) is 28.6 Å². The van der Waals surface area contributed by atoms with Crippen LogP contribution < -0.4 is 5.32 Å². The topological polar surface area (TPSA) is 75.2 Å². The fourth-order valence-corrected chi connectivity index (χ4v) is 6.45. The van der Waals surface area contributed by atoms with Crippen molar-refractivity contribution in [1.82, 2.24) is 15.1 Å². The van der Waals surface area contributed by atoms with Crippen molar-refractivity contribution in [3.8, 4) is 0 Å². The number of anilines is 1. The van der Waals surface area contributed by atoms with Crippen molar-refractivity contribution in [2.45, 2.75) is 40.8 Å². The Labute approximate surface area is 168 Å². The Morgan fingerprint density at radius 2 is 2.26 bits per heavy atom. The molecule has 0 aliphatic carbocycles. The van der Waals surface area contributed by atoms with Gasteiger partial charge >= 0.3 is 0 Å². The summed E-state index contributed by atoms with van der Waals surface area (Å²) in [6.45, 7) is 2.01. The first-order chi connectivity index (χ1) is 13.0. The molecular formula is C17H17FN4O2S3. The van der Waals surface area contributed by atoms with Gasteiger partial charge in [0.1, 0.15) is 11.9 Å². The number of nitrogens with zero attached hydrogens (tertiary/aromatic N) is 3. The number of aromatic nitrogens is 2. The van der Waals surface area contributed by atoms with Gasteiger partial charge in [0.25, 0.3) is 0 Å². The first-order valence-electron chi connectivity index (χ1n) is 8.43. The molecular weight excluding hydrogens is 407 g/mol. The molecule has 1 N–H and O–H groups in total. The van der Waals surface area contributed by atoms with Crippen LogP contribution in [0.25, 0.3) is 0 Å². The van der Waals surface area contributed by atoms with Gasteiger partial charge in [0.15, 0.2) is 4.34 Å². The predicted octanol–water partition coefficient (Wildman–Crippen LogP) is 3.36. The summed E-state index contributed by atoms with van der Waals surface area (Å²) in [7, 11) is 0. The number of carbonyl (C=O) groups excluding carboxylic acids is 2. The third-order valence-electron chi connectivity index (χ3n) is 4.69. The second-order valence-electron chi connectivity index (χ2n) is 6.51. The molecule has 2 aromatic rings. The second-order valence-corrected chi connectivity index (χ2v) is 10.2. The third kappa shape index (κ3) is 3.70. The molecule has 27 heavy (non-hydrogen) atoms. The van der Waals surface area contributed by atoms with E-state index in [9.17, 15) is 14.0 Å². The highest BCUT2D eigenvalue weighted by molar-refractivity contribution is 8.01. The summed E-state index contributed by atoms with van der Waals surface area (Å²) in [5.41, 5.74) is 0.595. The molecule has 2 amide bonds. The molecule has 1 aromatic carbocycles. The van der Waals surface area contributed by atoms with E-state index in [1.54, 1.807) is 34.9 Å². The highest BCUT2D eigenvalue weighted by Gasteiger charge is 2.52. The molecule has 2 fully saturated rings. The van der Waals surface area contributed by atoms with Gasteiger partial charge in [-0.3, -0.25) is 14.9 Å². The highest BCUT2D eigenvalue weighted by Crippen LogP contribution is 2.47. The molecule has 10 heteroatoms. The molecule has 2 aliphatic rings. The second kappa shape index (κ2) is 7.40. The molecule has 6 nitrogen and oxygen atoms in total. The van der Waals surface area contributed by atoms with Crippen LogP contribution in [0.4, 0.5) is 9.52 Å². The van der Waals surface area contributed by atoms with Crippen LogP contribution in [-0.4, -0.2) is 43.6 Å². The lowest BCUT2D eigenvalue weighted by Crippen LogP contribution is -2.48. The summed E-state index contributed by atoms with van der Waals surface area (Å²) < 4.78 is 14.3. The van der Waals surface area contributed by atoms with E-state index in [0.29, 0.717) is 33.0 Å². The number of thioether (sulfide) groups is 2. The molecule has 0 unspecified atom stereocenters. The van der Waals surface area contributed by atoms with Crippen LogP contribution in [-0.2, 0) is 15.3 Å². The number of hydrogen-bond donors (Lipinski definition) is 1. The van der Waals surface area contributed by atoms with Gasteiger partial charge < -0.3 is 4.90 Å². The van der Waals surface area contributed by atoms with Gasteiger partial charge in [0.2, 0.25) is 16.9 Å². The first-order valence-corrected chi connectivity index (χ1v) is 11.2. The molecule has 142 valence electrons. The van der Waals surface area contributed by atoms with Crippen LogP contribution in [0.5, 0.6) is 0 Å². The van der Waals surface area contributed by atoms with Crippen molar-refractivity contribution in [2.24, 2.45) is 0 Å². The fraction of sp³-hybridized carbons (Fsp3) is 0.412. The molecule has 1 aromatic heterocycles. The van der Waals surface area contributed by atoms with E-state index in [0.717, 1.165) is 6.42 Å². The number of nitrogens with one attached hydrogen (secondary N) is 1. The van der Waals surface area contributed by atoms with Crippen LogP contribution in [0.2, 0.25) is 0 Å². The quantitative estimate of drug-likeness (QED) is 0.586. The van der Waals surface area contributed by atoms with Crippen LogP contribution in [0.1, 0.15) is 25.3 Å². The Hall–Kier alpha value is -1.65. The van der Waals surface area contributed by atoms with E-state index < -0.39 is 6.04 Å². The van der Waals surface area contributed by atoms with Gasteiger partial charge in [0, 0.05) is 17.9 Å². The number of hydrogen-bond acceptors (Lipinski definition) is 7. The molecule has 2 atom stereocenters. The Morgan fingerprint density at radius 3 is 3.07 bits per heavy atom. The Morgan fingerprint density at radius 1 is 1.44 bits per heavy atom. The average molecular weight is 425 g/mol. The summed E-state index contributed by atoms with van der Waals surface area (Å²) in [4.78, 5) is 26.2. The number of fused-ring (bicyclic) bond motifs is 1. The van der Waals surface area contributed by atoms with Gasteiger partial charge in [0.05, 0.1) is 4.87 Å². The maximum Gasteiger partial charge on any atom is 0.249 e. The van der Waals surface area contributed by atoms with E-state index in [-0.39, 0.29) is 22.5 Å². The Balaban J connectivity index is 1.37. The van der Waals surface area contributed by atoms with Crippen molar-refractivity contribution in [3.63, 3.8) is 0 Å². The monoisotopic (exact) mass is 424 g/mol. The molecule has 3 heterocycles. The standard InChI is InChI=1S/C17H17FN4O2S3/c1-17-7-6-13(23)22(17)12(9-26-17)14(24)19-15-20-21-16(27-15)25-8-10-4-2-3-5-11(10)18/h2-5,12H,6-9H2,1H3,(H,19,20,24)/t12-,17-/m0/s1. The summed E-state index contributed by atoms with van der Waals surface area (Å²) in [6, 6.07) is 6.12. The van der Waals surface area contributed by atoms with E-state index in [2.05, 4.69) is 15.5 Å². The van der Waals surface area contributed by atoms with Crippen LogP contribution in [0.3, 0.4) is 0 Å². The number of rotatable bonds is 5. The molecule has 2 aliphatic heterocycles. The Kier molecular flexibility index (Phi) is 5.13. The lowest BCUT2D eigenvalue weighted by molar-refractivity contribution is -0.135. The van der Waals surface area contributed by atoms with E-state index in [4.69, 9.17) is 0 Å². The molecule has 0 saturated carbocycles. The van der Waals surface area contributed by atoms with Crippen LogP contribution in [0, 0.1) is 5.82 Å². The van der Waals surface area contributed by atoms with Gasteiger partial charge in [-0.05, 0) is 25.0 Å². The predicted molar refractivity (Wildman–Crippen MR) is 105 cm³/mol. The zero-order chi connectivity index (χ0) is 19.0. The number of amides is 2. The average Bonchev–Trinajstić information content (AvgIpc) is 3.30. The van der Waals surface area contributed by atoms with Crippen molar-refractivity contribution < 1.29 is 14.0 Å². The van der Waals surface area contributed by atoms with Crippen molar-refractivity contribution in [3.05, 3.63) is 35.6 Å². The van der Waals surface area contributed by atoms with E-state index >= 15 is 0 Å². The Bertz CT molecular complexity index is 893. The largest absolute Gasteiger partial charge is 0.315 e. The summed E-state index contributed by atoms with van der Waals surface area (Å²) in [6.07, 6.45) is 1.26. The normalized spacial score (nSPS) is 24.3. The third-order valence-corrected chi connectivity index (χ3v) is 8.22. The van der Waals surface area contributed by atoms with E-state index in [1.807, 2.05) is 6.92 Å². The zero-order valence-electron chi connectivity index (χ0n) is 14.5. The van der Waals surface area contributed by atoms with Gasteiger partial charge in [-0.25, -0.2) is 4.39 Å². The minimum absolute atomic E-state index is 0.0287. The lowest BCUT2D eigenvalue weighted by Gasteiger charge is -2.29. The van der Waals surface area contributed by atoms with Crippen molar-refractivity contribution in [2.75, 3.05) is 11.1 Å². The minimum Gasteiger partial charge on any atom is -0.315 e.